The molecule has 3 heterocycles. The van der Waals surface area contributed by atoms with E-state index in [-0.39, 0.29) is 11.7 Å². The molecule has 0 saturated carbocycles. The van der Waals surface area contributed by atoms with Gasteiger partial charge in [-0.2, -0.15) is 11.8 Å². The lowest BCUT2D eigenvalue weighted by molar-refractivity contribution is -0.0875. The summed E-state index contributed by atoms with van der Waals surface area (Å²) < 4.78 is 6.09. The number of thioether (sulfide) groups is 1. The van der Waals surface area contributed by atoms with Crippen molar-refractivity contribution in [2.45, 2.75) is 50.4 Å². The number of aliphatic hydroxyl groups is 1. The molecule has 3 rings (SSSR count). The zero-order chi connectivity index (χ0) is 12.6. The van der Waals surface area contributed by atoms with Crippen LogP contribution < -0.4 is 0 Å². The summed E-state index contributed by atoms with van der Waals surface area (Å²) in [7, 11) is 0. The first kappa shape index (κ1) is 13.2. The lowest BCUT2D eigenvalue weighted by atomic mass is 9.89. The summed E-state index contributed by atoms with van der Waals surface area (Å²) >= 11 is 2.05. The maximum Gasteiger partial charge on any atom is 0.0795 e. The minimum absolute atomic E-state index is 0.147. The van der Waals surface area contributed by atoms with Crippen molar-refractivity contribution in [3.63, 3.8) is 0 Å². The van der Waals surface area contributed by atoms with E-state index in [9.17, 15) is 5.11 Å². The van der Waals surface area contributed by atoms with E-state index in [0.717, 1.165) is 19.6 Å². The Bertz CT molecular complexity index is 292. The van der Waals surface area contributed by atoms with Crippen LogP contribution in [0.25, 0.3) is 0 Å². The molecule has 0 radical (unpaired) electrons. The third-order valence-electron chi connectivity index (χ3n) is 4.99. The second kappa shape index (κ2) is 5.31. The molecule has 0 bridgehead atoms. The highest BCUT2D eigenvalue weighted by Crippen LogP contribution is 2.40. The second-order valence-electron chi connectivity index (χ2n) is 6.26. The summed E-state index contributed by atoms with van der Waals surface area (Å²) in [6.45, 7) is 5.13. The third kappa shape index (κ3) is 2.58. The van der Waals surface area contributed by atoms with Crippen LogP contribution in [0.4, 0.5) is 0 Å². The minimum Gasteiger partial charge on any atom is -0.393 e. The summed E-state index contributed by atoms with van der Waals surface area (Å²) in [6.07, 6.45) is 4.65. The smallest absolute Gasteiger partial charge is 0.0795 e. The fraction of sp³-hybridized carbons (Fsp3) is 1.00. The van der Waals surface area contributed by atoms with Crippen molar-refractivity contribution in [1.82, 2.24) is 4.90 Å². The van der Waals surface area contributed by atoms with Gasteiger partial charge in [0.2, 0.25) is 0 Å². The Hall–Kier alpha value is 0.230. The molecule has 3 saturated heterocycles. The Balaban J connectivity index is 1.59. The van der Waals surface area contributed by atoms with Crippen LogP contribution in [0.2, 0.25) is 0 Å². The molecule has 18 heavy (non-hydrogen) atoms. The zero-order valence-corrected chi connectivity index (χ0v) is 12.1. The molecule has 104 valence electrons. The van der Waals surface area contributed by atoms with Crippen LogP contribution in [-0.2, 0) is 4.74 Å². The van der Waals surface area contributed by atoms with Crippen molar-refractivity contribution in [3.8, 4) is 0 Å². The zero-order valence-electron chi connectivity index (χ0n) is 11.3. The largest absolute Gasteiger partial charge is 0.393 e. The quantitative estimate of drug-likeness (QED) is 0.829. The maximum absolute atomic E-state index is 9.72. The van der Waals surface area contributed by atoms with Crippen molar-refractivity contribution in [2.75, 3.05) is 31.2 Å². The van der Waals surface area contributed by atoms with Crippen LogP contribution >= 0.6 is 11.8 Å². The first-order valence-electron chi connectivity index (χ1n) is 7.32. The van der Waals surface area contributed by atoms with Crippen molar-refractivity contribution in [2.24, 2.45) is 5.92 Å². The molecule has 0 amide bonds. The van der Waals surface area contributed by atoms with Crippen molar-refractivity contribution < 1.29 is 9.84 Å². The lowest BCUT2D eigenvalue weighted by Crippen LogP contribution is -2.48. The molecule has 3 aliphatic heterocycles. The van der Waals surface area contributed by atoms with E-state index in [0.29, 0.717) is 12.0 Å². The number of hydrogen-bond acceptors (Lipinski definition) is 4. The molecular weight excluding hydrogens is 246 g/mol. The Morgan fingerprint density at radius 1 is 1.44 bits per heavy atom. The number of ether oxygens (including phenoxy) is 1. The highest BCUT2D eigenvalue weighted by atomic mass is 32.2. The predicted octanol–water partition coefficient (Wildman–Crippen LogP) is 1.74. The SMILES string of the molecule is CC(O)C1CCN(C2CCOC3(CCSC3)C2)C1. The Kier molecular flexibility index (Phi) is 3.90. The monoisotopic (exact) mass is 271 g/mol. The molecule has 3 nitrogen and oxygen atoms in total. The van der Waals surface area contributed by atoms with Gasteiger partial charge in [0.15, 0.2) is 0 Å². The van der Waals surface area contributed by atoms with Crippen LogP contribution in [0, 0.1) is 5.92 Å². The van der Waals surface area contributed by atoms with Gasteiger partial charge >= 0.3 is 0 Å². The molecule has 0 aromatic rings. The average molecular weight is 271 g/mol. The Morgan fingerprint density at radius 3 is 3.00 bits per heavy atom. The molecular formula is C14H25NO2S. The number of aliphatic hydroxyl groups excluding tert-OH is 1. The van der Waals surface area contributed by atoms with Crippen molar-refractivity contribution in [1.29, 1.82) is 0 Å². The van der Waals surface area contributed by atoms with E-state index in [1.54, 1.807) is 0 Å². The fourth-order valence-corrected chi connectivity index (χ4v) is 5.10. The highest BCUT2D eigenvalue weighted by molar-refractivity contribution is 7.99. The van der Waals surface area contributed by atoms with E-state index in [1.807, 2.05) is 18.7 Å². The minimum atomic E-state index is -0.147. The molecule has 4 heteroatoms. The number of rotatable bonds is 2. The summed E-state index contributed by atoms with van der Waals surface area (Å²) in [5, 5.41) is 9.72. The van der Waals surface area contributed by atoms with Crippen LogP contribution in [0.5, 0.6) is 0 Å². The summed E-state index contributed by atoms with van der Waals surface area (Å²) in [4.78, 5) is 2.62. The van der Waals surface area contributed by atoms with E-state index in [2.05, 4.69) is 4.90 Å². The van der Waals surface area contributed by atoms with Gasteiger partial charge in [-0.15, -0.1) is 0 Å². The molecule has 3 fully saturated rings. The lowest BCUT2D eigenvalue weighted by Gasteiger charge is -2.41. The molecule has 1 N–H and O–H groups in total. The number of nitrogens with zero attached hydrogens (tertiary/aromatic N) is 1. The second-order valence-corrected chi connectivity index (χ2v) is 7.37. The van der Waals surface area contributed by atoms with Gasteiger partial charge in [0, 0.05) is 24.9 Å². The Morgan fingerprint density at radius 2 is 2.33 bits per heavy atom. The molecule has 0 aromatic carbocycles. The normalized spacial score (nSPS) is 43.7. The highest BCUT2D eigenvalue weighted by Gasteiger charge is 2.43. The molecule has 4 atom stereocenters. The molecule has 0 aromatic heterocycles. The average Bonchev–Trinajstić information content (AvgIpc) is 2.98. The molecule has 4 unspecified atom stereocenters. The van der Waals surface area contributed by atoms with E-state index in [1.165, 1.54) is 37.3 Å². The van der Waals surface area contributed by atoms with Crippen molar-refractivity contribution in [3.05, 3.63) is 0 Å². The first-order valence-corrected chi connectivity index (χ1v) is 8.48. The summed E-state index contributed by atoms with van der Waals surface area (Å²) in [5.41, 5.74) is 0.191. The van der Waals surface area contributed by atoms with Crippen LogP contribution in [0.3, 0.4) is 0 Å². The molecule has 0 aliphatic carbocycles. The molecule has 1 spiro atoms. The van der Waals surface area contributed by atoms with Crippen molar-refractivity contribution >= 4 is 11.8 Å². The maximum atomic E-state index is 9.72. The summed E-state index contributed by atoms with van der Waals surface area (Å²) in [5.74, 6) is 2.95. The van der Waals surface area contributed by atoms with E-state index in [4.69, 9.17) is 4.74 Å². The van der Waals surface area contributed by atoms with Crippen LogP contribution in [0.15, 0.2) is 0 Å². The topological polar surface area (TPSA) is 32.7 Å². The van der Waals surface area contributed by atoms with E-state index >= 15 is 0 Å². The Labute approximate surface area is 114 Å². The number of likely N-dealkylation sites (tertiary alicyclic amines) is 1. The van der Waals surface area contributed by atoms with Crippen LogP contribution in [0.1, 0.15) is 32.6 Å². The van der Waals surface area contributed by atoms with Gasteiger partial charge in [0.1, 0.15) is 0 Å². The first-order chi connectivity index (χ1) is 8.69. The van der Waals surface area contributed by atoms with E-state index < -0.39 is 0 Å². The van der Waals surface area contributed by atoms with Gasteiger partial charge in [0.25, 0.3) is 0 Å². The van der Waals surface area contributed by atoms with Gasteiger partial charge in [-0.3, -0.25) is 4.90 Å². The van der Waals surface area contributed by atoms with Gasteiger partial charge < -0.3 is 9.84 Å². The van der Waals surface area contributed by atoms with Gasteiger partial charge in [-0.25, -0.2) is 0 Å². The number of hydrogen-bond donors (Lipinski definition) is 1. The standard InChI is InChI=1S/C14H25NO2S/c1-11(16)12-2-5-15(9-12)13-3-6-17-14(8-13)4-7-18-10-14/h11-13,16H,2-10H2,1H3. The van der Waals surface area contributed by atoms with Gasteiger partial charge in [-0.05, 0) is 50.8 Å². The fourth-order valence-electron chi connectivity index (χ4n) is 3.72. The van der Waals surface area contributed by atoms with Crippen LogP contribution in [-0.4, -0.2) is 59.0 Å². The predicted molar refractivity (Wildman–Crippen MR) is 75.0 cm³/mol. The van der Waals surface area contributed by atoms with Gasteiger partial charge in [-0.1, -0.05) is 0 Å². The summed E-state index contributed by atoms with van der Waals surface area (Å²) in [6, 6.07) is 0.696. The molecule has 3 aliphatic rings. The third-order valence-corrected chi connectivity index (χ3v) is 6.21. The van der Waals surface area contributed by atoms with Gasteiger partial charge in [0.05, 0.1) is 11.7 Å².